The molecule has 2 aliphatic heterocycles. The van der Waals surface area contributed by atoms with E-state index in [1.54, 1.807) is 7.11 Å². The zero-order valence-corrected chi connectivity index (χ0v) is 20.1. The Kier molecular flexibility index (Phi) is 5.23. The summed E-state index contributed by atoms with van der Waals surface area (Å²) in [6, 6.07) is 23.7. The Morgan fingerprint density at radius 3 is 2.62 bits per heavy atom. The van der Waals surface area contributed by atoms with Crippen molar-refractivity contribution in [1.82, 2.24) is 14.8 Å². The van der Waals surface area contributed by atoms with Gasteiger partial charge in [0.1, 0.15) is 23.6 Å². The van der Waals surface area contributed by atoms with Gasteiger partial charge in [0.25, 0.3) is 0 Å². The second-order valence-corrected chi connectivity index (χ2v) is 9.26. The molecule has 0 saturated carbocycles. The van der Waals surface area contributed by atoms with Crippen LogP contribution in [0.3, 0.4) is 0 Å². The molecule has 34 heavy (non-hydrogen) atoms. The number of anilines is 1. The first-order valence-corrected chi connectivity index (χ1v) is 12.4. The molecule has 3 aromatic carbocycles. The van der Waals surface area contributed by atoms with Gasteiger partial charge >= 0.3 is 0 Å². The van der Waals surface area contributed by atoms with Crippen molar-refractivity contribution in [2.45, 2.75) is 17.3 Å². The van der Waals surface area contributed by atoms with E-state index in [9.17, 15) is 0 Å². The molecule has 1 aromatic heterocycles. The van der Waals surface area contributed by atoms with Gasteiger partial charge in [-0.1, -0.05) is 59.8 Å². The van der Waals surface area contributed by atoms with Crippen LogP contribution in [0, 0.1) is 0 Å². The second-order valence-electron chi connectivity index (χ2n) is 8.05. The van der Waals surface area contributed by atoms with E-state index in [-0.39, 0.29) is 12.1 Å². The van der Waals surface area contributed by atoms with Gasteiger partial charge in [0.05, 0.1) is 12.8 Å². The number of methoxy groups -OCH3 is 1. The second kappa shape index (κ2) is 8.42. The molecule has 0 saturated heterocycles. The van der Waals surface area contributed by atoms with E-state index in [2.05, 4.69) is 23.5 Å². The molecule has 4 aromatic rings. The average molecular weight is 489 g/mol. The quantitative estimate of drug-likeness (QED) is 0.344. The minimum Gasteiger partial charge on any atom is -0.497 e. The summed E-state index contributed by atoms with van der Waals surface area (Å²) in [7, 11) is 1.67. The van der Waals surface area contributed by atoms with Crippen LogP contribution in [0.1, 0.15) is 28.8 Å². The number of hydrogen-bond donors (Lipinski definition) is 1. The van der Waals surface area contributed by atoms with E-state index in [1.807, 2.05) is 65.5 Å². The van der Waals surface area contributed by atoms with E-state index in [0.29, 0.717) is 16.1 Å². The van der Waals surface area contributed by atoms with Gasteiger partial charge in [0.2, 0.25) is 11.1 Å². The summed E-state index contributed by atoms with van der Waals surface area (Å²) >= 11 is 7.91. The molecular formula is C26H21ClN4O2S. The number of ether oxygens (including phenoxy) is 2. The molecule has 0 bridgehead atoms. The number of benzene rings is 3. The number of thioether (sulfide) groups is 1. The van der Waals surface area contributed by atoms with Gasteiger partial charge in [-0.05, 0) is 53.8 Å². The molecule has 8 heteroatoms. The van der Waals surface area contributed by atoms with E-state index in [1.165, 1.54) is 11.8 Å². The Morgan fingerprint density at radius 1 is 1.03 bits per heavy atom. The third-order valence-corrected chi connectivity index (χ3v) is 6.90. The number of nitrogens with zero attached hydrogens (tertiary/aromatic N) is 3. The third kappa shape index (κ3) is 3.43. The van der Waals surface area contributed by atoms with Gasteiger partial charge in [0.15, 0.2) is 0 Å². The van der Waals surface area contributed by atoms with E-state index in [4.69, 9.17) is 31.2 Å². The summed E-state index contributed by atoms with van der Waals surface area (Å²) in [4.78, 5) is 4.74. The maximum Gasteiger partial charge on any atom is 0.227 e. The molecule has 170 valence electrons. The lowest BCUT2D eigenvalue weighted by molar-refractivity contribution is 0.223. The fourth-order valence-electron chi connectivity index (χ4n) is 4.60. The van der Waals surface area contributed by atoms with Gasteiger partial charge in [-0.25, -0.2) is 4.68 Å². The Labute approximate surface area is 206 Å². The van der Waals surface area contributed by atoms with Crippen LogP contribution in [0.4, 0.5) is 5.95 Å². The van der Waals surface area contributed by atoms with Crippen LogP contribution in [-0.4, -0.2) is 28.1 Å². The molecule has 0 aliphatic carbocycles. The molecule has 0 fully saturated rings. The highest BCUT2D eigenvalue weighted by molar-refractivity contribution is 7.98. The maximum absolute atomic E-state index is 6.64. The summed E-state index contributed by atoms with van der Waals surface area (Å²) in [5.74, 6) is 2.31. The molecule has 6 rings (SSSR count). The zero-order chi connectivity index (χ0) is 23.2. The third-order valence-electron chi connectivity index (χ3n) is 6.13. The summed E-state index contributed by atoms with van der Waals surface area (Å²) in [5.41, 5.74) is 5.07. The minimum atomic E-state index is -0.363. The molecule has 0 spiro atoms. The molecule has 2 atom stereocenters. The molecule has 0 amide bonds. The fraction of sp³-hybridized carbons (Fsp3) is 0.154. The van der Waals surface area contributed by atoms with Crippen LogP contribution in [-0.2, 0) is 0 Å². The number of hydrogen-bond acceptors (Lipinski definition) is 6. The zero-order valence-electron chi connectivity index (χ0n) is 18.5. The van der Waals surface area contributed by atoms with Crippen LogP contribution in [0.25, 0.3) is 5.70 Å². The Balaban J connectivity index is 1.62. The molecule has 0 radical (unpaired) electrons. The normalized spacial score (nSPS) is 18.3. The van der Waals surface area contributed by atoms with Crippen molar-refractivity contribution in [3.8, 4) is 11.5 Å². The number of rotatable bonds is 4. The van der Waals surface area contributed by atoms with Crippen molar-refractivity contribution in [2.24, 2.45) is 0 Å². The topological polar surface area (TPSA) is 61.2 Å². The van der Waals surface area contributed by atoms with Crippen molar-refractivity contribution < 1.29 is 9.47 Å². The summed E-state index contributed by atoms with van der Waals surface area (Å²) in [5, 5.41) is 9.75. The fourth-order valence-corrected chi connectivity index (χ4v) is 5.14. The van der Waals surface area contributed by atoms with Gasteiger partial charge < -0.3 is 14.8 Å². The largest absolute Gasteiger partial charge is 0.497 e. The maximum atomic E-state index is 6.64. The van der Waals surface area contributed by atoms with Crippen molar-refractivity contribution in [2.75, 3.05) is 18.7 Å². The van der Waals surface area contributed by atoms with Crippen molar-refractivity contribution in [1.29, 1.82) is 0 Å². The first-order valence-electron chi connectivity index (χ1n) is 10.8. The van der Waals surface area contributed by atoms with Gasteiger partial charge in [-0.2, -0.15) is 4.98 Å². The Morgan fingerprint density at radius 2 is 1.85 bits per heavy atom. The van der Waals surface area contributed by atoms with Gasteiger partial charge in [0, 0.05) is 16.2 Å². The number of aromatic nitrogens is 3. The lowest BCUT2D eigenvalue weighted by Crippen LogP contribution is -2.32. The SMILES string of the molecule is COc1ccc([C@H]2C3=C(Nc4nc(SC)nn42)c2ccccc2O[C@@H]3c2cccc(Cl)c2)cc1. The lowest BCUT2D eigenvalue weighted by atomic mass is 9.84. The van der Waals surface area contributed by atoms with Gasteiger partial charge in [-0.15, -0.1) is 5.10 Å². The molecule has 0 unspecified atom stereocenters. The predicted molar refractivity (Wildman–Crippen MR) is 135 cm³/mol. The van der Waals surface area contributed by atoms with Crippen LogP contribution < -0.4 is 14.8 Å². The number of fused-ring (bicyclic) bond motifs is 3. The highest BCUT2D eigenvalue weighted by Gasteiger charge is 2.41. The van der Waals surface area contributed by atoms with Crippen molar-refractivity contribution in [3.63, 3.8) is 0 Å². The van der Waals surface area contributed by atoms with Crippen LogP contribution in [0.5, 0.6) is 11.5 Å². The molecular weight excluding hydrogens is 468 g/mol. The average Bonchev–Trinajstić information content (AvgIpc) is 3.30. The van der Waals surface area contributed by atoms with Crippen molar-refractivity contribution >= 4 is 35.0 Å². The van der Waals surface area contributed by atoms with Crippen LogP contribution in [0.2, 0.25) is 5.02 Å². The number of halogens is 1. The number of para-hydroxylation sites is 1. The summed E-state index contributed by atoms with van der Waals surface area (Å²) in [6.07, 6.45) is 1.61. The van der Waals surface area contributed by atoms with Crippen LogP contribution in [0.15, 0.2) is 83.5 Å². The lowest BCUT2D eigenvalue weighted by Gasteiger charge is -2.39. The Bertz CT molecular complexity index is 1420. The monoisotopic (exact) mass is 488 g/mol. The highest BCUT2D eigenvalue weighted by Crippen LogP contribution is 2.51. The van der Waals surface area contributed by atoms with E-state index >= 15 is 0 Å². The first-order chi connectivity index (χ1) is 16.7. The molecule has 2 aliphatic rings. The number of nitrogens with one attached hydrogen (secondary N) is 1. The van der Waals surface area contributed by atoms with E-state index < -0.39 is 0 Å². The standard InChI is InChI=1S/C26H21ClN4O2S/c1-32-18-12-10-15(11-13-18)23-21-22(28-25-29-26(34-2)30-31(23)25)19-8-3-4-9-20(19)33-24(21)16-6-5-7-17(27)14-16/h3-14,23-24H,1-2H3,(H,28,29,30)/t23-,24+/m0/s1. The smallest absolute Gasteiger partial charge is 0.227 e. The van der Waals surface area contributed by atoms with Crippen LogP contribution >= 0.6 is 23.4 Å². The molecule has 1 N–H and O–H groups in total. The van der Waals surface area contributed by atoms with Gasteiger partial charge in [-0.3, -0.25) is 0 Å². The van der Waals surface area contributed by atoms with E-state index in [0.717, 1.165) is 39.5 Å². The highest BCUT2D eigenvalue weighted by atomic mass is 35.5. The van der Waals surface area contributed by atoms with Crippen molar-refractivity contribution in [3.05, 3.63) is 100 Å². The minimum absolute atomic E-state index is 0.233. The Hall–Kier alpha value is -3.42. The predicted octanol–water partition coefficient (Wildman–Crippen LogP) is 6.22. The first kappa shape index (κ1) is 21.1. The summed E-state index contributed by atoms with van der Waals surface area (Å²) < 4.78 is 14.0. The molecule has 6 nitrogen and oxygen atoms in total. The molecule has 3 heterocycles. The summed E-state index contributed by atoms with van der Waals surface area (Å²) in [6.45, 7) is 0.